The van der Waals surface area contributed by atoms with E-state index in [0.717, 1.165) is 17.9 Å². The van der Waals surface area contributed by atoms with Gasteiger partial charge in [-0.2, -0.15) is 0 Å². The van der Waals surface area contributed by atoms with E-state index in [1.165, 1.54) is 4.90 Å². The maximum absolute atomic E-state index is 11.6. The van der Waals surface area contributed by atoms with Crippen LogP contribution in [0.15, 0.2) is 29.2 Å². The summed E-state index contributed by atoms with van der Waals surface area (Å²) in [5.41, 5.74) is 0.234. The lowest BCUT2D eigenvalue weighted by molar-refractivity contribution is -0.121. The van der Waals surface area contributed by atoms with Gasteiger partial charge < -0.3 is 0 Å². The molecule has 0 aliphatic heterocycles. The molecule has 0 unspecified atom stereocenters. The lowest BCUT2D eigenvalue weighted by atomic mass is 9.76. The minimum absolute atomic E-state index is 0.234. The molecule has 0 bridgehead atoms. The summed E-state index contributed by atoms with van der Waals surface area (Å²) in [7, 11) is 0. The van der Waals surface area contributed by atoms with Crippen LogP contribution in [0.4, 0.5) is 0 Å². The maximum atomic E-state index is 11.6. The average Bonchev–Trinajstić information content (AvgIpc) is 2.27. The Bertz CT molecular complexity index is 411. The molecule has 0 spiro atoms. The largest absolute Gasteiger partial charge is 0.300 e. The summed E-state index contributed by atoms with van der Waals surface area (Å²) < 4.78 is 0. The Kier molecular flexibility index (Phi) is 3.84. The number of carbonyl (C=O) groups excluding carboxylic acids is 1. The molecule has 1 aliphatic rings. The lowest BCUT2D eigenvalue weighted by Gasteiger charge is -2.37. The molecule has 1 aliphatic carbocycles. The molecule has 1 aromatic rings. The van der Waals surface area contributed by atoms with Crippen LogP contribution in [0.2, 0.25) is 5.02 Å². The summed E-state index contributed by atoms with van der Waals surface area (Å²) in [6.45, 7) is 4.51. The normalized spacial score (nSPS) is 23.7. The molecule has 1 fully saturated rings. The monoisotopic (exact) mass is 268 g/mol. The Morgan fingerprint density at radius 3 is 2.59 bits per heavy atom. The minimum atomic E-state index is 0.234. The predicted octanol–water partition coefficient (Wildman–Crippen LogP) is 4.58. The number of hydrogen-bond donors (Lipinski definition) is 0. The number of carbonyl (C=O) groups is 1. The van der Waals surface area contributed by atoms with Crippen LogP contribution in [-0.2, 0) is 4.79 Å². The van der Waals surface area contributed by atoms with Gasteiger partial charge in [0.1, 0.15) is 5.78 Å². The first kappa shape index (κ1) is 13.0. The van der Waals surface area contributed by atoms with E-state index in [4.69, 9.17) is 11.6 Å². The molecule has 3 heteroatoms. The van der Waals surface area contributed by atoms with E-state index in [0.29, 0.717) is 17.5 Å². The number of thioether (sulfide) groups is 1. The second-order valence-corrected chi connectivity index (χ2v) is 7.00. The van der Waals surface area contributed by atoms with Gasteiger partial charge in [0.05, 0.1) is 0 Å². The fourth-order valence-corrected chi connectivity index (χ4v) is 3.54. The second-order valence-electron chi connectivity index (χ2n) is 5.29. The van der Waals surface area contributed by atoms with Gasteiger partial charge in [0, 0.05) is 28.0 Å². The Morgan fingerprint density at radius 1 is 1.29 bits per heavy atom. The van der Waals surface area contributed by atoms with Crippen molar-refractivity contribution in [3.63, 3.8) is 0 Å². The smallest absolute Gasteiger partial charge is 0.134 e. The van der Waals surface area contributed by atoms with Gasteiger partial charge in [-0.3, -0.25) is 4.79 Å². The average molecular weight is 269 g/mol. The lowest BCUT2D eigenvalue weighted by Crippen LogP contribution is -2.34. The molecule has 92 valence electrons. The fourth-order valence-electron chi connectivity index (χ4n) is 2.09. The highest BCUT2D eigenvalue weighted by atomic mass is 35.5. The highest BCUT2D eigenvalue weighted by Crippen LogP contribution is 2.44. The quantitative estimate of drug-likeness (QED) is 0.781. The van der Waals surface area contributed by atoms with Crippen molar-refractivity contribution >= 4 is 29.1 Å². The molecule has 0 aromatic heterocycles. The Balaban J connectivity index is 2.10. The van der Waals surface area contributed by atoms with Gasteiger partial charge in [-0.1, -0.05) is 25.4 Å². The van der Waals surface area contributed by atoms with Gasteiger partial charge >= 0.3 is 0 Å². The molecule has 1 aromatic carbocycles. The van der Waals surface area contributed by atoms with E-state index in [1.54, 1.807) is 11.8 Å². The summed E-state index contributed by atoms with van der Waals surface area (Å²) in [5.74, 6) is 0.399. The first-order valence-corrected chi connectivity index (χ1v) is 7.17. The number of halogens is 1. The number of ketones is 1. The molecular formula is C14H17ClOS. The van der Waals surface area contributed by atoms with Crippen molar-refractivity contribution < 1.29 is 4.79 Å². The van der Waals surface area contributed by atoms with Crippen LogP contribution in [0.3, 0.4) is 0 Å². The first-order chi connectivity index (χ1) is 7.97. The summed E-state index contributed by atoms with van der Waals surface area (Å²) in [6, 6.07) is 7.87. The summed E-state index contributed by atoms with van der Waals surface area (Å²) in [4.78, 5) is 12.8. The molecule has 0 saturated heterocycles. The number of rotatable bonds is 2. The summed E-state index contributed by atoms with van der Waals surface area (Å²) in [5, 5.41) is 1.14. The van der Waals surface area contributed by atoms with Crippen LogP contribution in [0.5, 0.6) is 0 Å². The van der Waals surface area contributed by atoms with Crippen molar-refractivity contribution in [3.8, 4) is 0 Å². The third-order valence-corrected chi connectivity index (χ3v) is 5.31. The standard InChI is InChI=1S/C14H17ClOS/c1-14(2)8-7-11(16)9-13(14)17-12-5-3-10(15)4-6-12/h3-6,13H,7-9H2,1-2H3/t13-/m1/s1. The molecule has 0 heterocycles. The Morgan fingerprint density at radius 2 is 1.94 bits per heavy atom. The van der Waals surface area contributed by atoms with Gasteiger partial charge in [0.25, 0.3) is 0 Å². The number of hydrogen-bond acceptors (Lipinski definition) is 2. The van der Waals surface area contributed by atoms with Crippen molar-refractivity contribution in [1.82, 2.24) is 0 Å². The zero-order chi connectivity index (χ0) is 12.5. The molecule has 1 saturated carbocycles. The van der Waals surface area contributed by atoms with Crippen LogP contribution in [0.25, 0.3) is 0 Å². The van der Waals surface area contributed by atoms with Crippen LogP contribution in [0, 0.1) is 5.41 Å². The maximum Gasteiger partial charge on any atom is 0.134 e. The molecule has 1 atom stereocenters. The Labute approximate surface area is 112 Å². The Hall–Kier alpha value is -0.470. The van der Waals surface area contributed by atoms with E-state index in [1.807, 2.05) is 24.3 Å². The SMILES string of the molecule is CC1(C)CCC(=O)C[C@H]1Sc1ccc(Cl)cc1. The van der Waals surface area contributed by atoms with Gasteiger partial charge in [0.15, 0.2) is 0 Å². The highest BCUT2D eigenvalue weighted by molar-refractivity contribution is 8.00. The van der Waals surface area contributed by atoms with Crippen LogP contribution in [-0.4, -0.2) is 11.0 Å². The van der Waals surface area contributed by atoms with Gasteiger partial charge in [-0.05, 0) is 36.1 Å². The first-order valence-electron chi connectivity index (χ1n) is 5.91. The number of benzene rings is 1. The molecule has 0 radical (unpaired) electrons. The van der Waals surface area contributed by atoms with E-state index in [-0.39, 0.29) is 5.41 Å². The molecule has 0 amide bonds. The van der Waals surface area contributed by atoms with E-state index in [9.17, 15) is 4.79 Å². The zero-order valence-corrected chi connectivity index (χ0v) is 11.8. The topological polar surface area (TPSA) is 17.1 Å². The third-order valence-electron chi connectivity index (χ3n) is 3.42. The molecule has 2 rings (SSSR count). The minimum Gasteiger partial charge on any atom is -0.300 e. The zero-order valence-electron chi connectivity index (χ0n) is 10.2. The van der Waals surface area contributed by atoms with Crippen molar-refractivity contribution in [2.24, 2.45) is 5.41 Å². The van der Waals surface area contributed by atoms with Gasteiger partial charge in [-0.15, -0.1) is 11.8 Å². The van der Waals surface area contributed by atoms with Crippen molar-refractivity contribution in [3.05, 3.63) is 29.3 Å². The van der Waals surface area contributed by atoms with Crippen LogP contribution >= 0.6 is 23.4 Å². The van der Waals surface area contributed by atoms with Crippen molar-refractivity contribution in [1.29, 1.82) is 0 Å². The van der Waals surface area contributed by atoms with Gasteiger partial charge in [-0.25, -0.2) is 0 Å². The van der Waals surface area contributed by atoms with Crippen molar-refractivity contribution in [2.75, 3.05) is 0 Å². The van der Waals surface area contributed by atoms with Crippen LogP contribution < -0.4 is 0 Å². The highest BCUT2D eigenvalue weighted by Gasteiger charge is 2.36. The molecular weight excluding hydrogens is 252 g/mol. The predicted molar refractivity (Wildman–Crippen MR) is 73.7 cm³/mol. The van der Waals surface area contributed by atoms with E-state index in [2.05, 4.69) is 13.8 Å². The van der Waals surface area contributed by atoms with Crippen molar-refractivity contribution in [2.45, 2.75) is 43.3 Å². The third kappa shape index (κ3) is 3.26. The second kappa shape index (κ2) is 5.03. The summed E-state index contributed by atoms with van der Waals surface area (Å²) in [6.07, 6.45) is 2.43. The molecule has 1 nitrogen and oxygen atoms in total. The van der Waals surface area contributed by atoms with Gasteiger partial charge in [0.2, 0.25) is 0 Å². The fraction of sp³-hybridized carbons (Fsp3) is 0.500. The van der Waals surface area contributed by atoms with Crippen LogP contribution in [0.1, 0.15) is 33.1 Å². The summed E-state index contributed by atoms with van der Waals surface area (Å²) >= 11 is 7.67. The number of Topliss-reactive ketones (excluding diaryl/α,β-unsaturated/α-hetero) is 1. The van der Waals surface area contributed by atoms with E-state index >= 15 is 0 Å². The molecule has 17 heavy (non-hydrogen) atoms. The van der Waals surface area contributed by atoms with E-state index < -0.39 is 0 Å². The molecule has 0 N–H and O–H groups in total.